The average Bonchev–Trinajstić information content (AvgIpc) is 3.55. The maximum atomic E-state index is 5.43. The Bertz CT molecular complexity index is 3240. The minimum atomic E-state index is -0.506. The molecular weight excluding hydrogens is 769 g/mol. The van der Waals surface area contributed by atoms with E-state index in [1.165, 1.54) is 71.0 Å². The minimum absolute atomic E-state index is 0.125. The third-order valence-corrected chi connectivity index (χ3v) is 15.2. The van der Waals surface area contributed by atoms with E-state index in [0.29, 0.717) is 5.82 Å². The van der Waals surface area contributed by atoms with E-state index < -0.39 is 5.41 Å². The van der Waals surface area contributed by atoms with Crippen molar-refractivity contribution >= 4 is 11.8 Å². The van der Waals surface area contributed by atoms with Crippen LogP contribution in [-0.4, -0.2) is 9.97 Å². The summed E-state index contributed by atoms with van der Waals surface area (Å²) in [6.45, 7) is 9.52. The van der Waals surface area contributed by atoms with Crippen molar-refractivity contribution in [3.05, 3.63) is 239 Å². The second-order valence-electron chi connectivity index (χ2n) is 18.0. The van der Waals surface area contributed by atoms with E-state index in [1.807, 2.05) is 11.8 Å². The fourth-order valence-corrected chi connectivity index (χ4v) is 12.4. The van der Waals surface area contributed by atoms with Gasteiger partial charge in [0.05, 0.1) is 16.8 Å². The van der Waals surface area contributed by atoms with Crippen LogP contribution in [0.1, 0.15) is 72.2 Å². The summed E-state index contributed by atoms with van der Waals surface area (Å²) in [6.07, 6.45) is 0. The lowest BCUT2D eigenvalue weighted by molar-refractivity contribution is 0.550. The van der Waals surface area contributed by atoms with Crippen LogP contribution in [0.4, 0.5) is 0 Å². The van der Waals surface area contributed by atoms with E-state index >= 15 is 0 Å². The second-order valence-corrected chi connectivity index (χ2v) is 19.1. The van der Waals surface area contributed by atoms with Crippen LogP contribution in [0.5, 0.6) is 0 Å². The van der Waals surface area contributed by atoms with Gasteiger partial charge in [-0.1, -0.05) is 209 Å². The Morgan fingerprint density at radius 1 is 0.339 bits per heavy atom. The molecule has 2 aliphatic carbocycles. The predicted molar refractivity (Wildman–Crippen MR) is 256 cm³/mol. The Labute approximate surface area is 368 Å². The van der Waals surface area contributed by atoms with Crippen LogP contribution in [0.15, 0.2) is 204 Å². The molecule has 0 bridgehead atoms. The van der Waals surface area contributed by atoms with Crippen LogP contribution in [0.2, 0.25) is 0 Å². The molecule has 2 heterocycles. The first-order valence-corrected chi connectivity index (χ1v) is 22.5. The first-order valence-electron chi connectivity index (χ1n) is 21.7. The molecule has 9 aromatic rings. The van der Waals surface area contributed by atoms with Crippen LogP contribution in [0.25, 0.3) is 56.2 Å². The lowest BCUT2D eigenvalue weighted by atomic mass is 9.53. The molecule has 0 radical (unpaired) electrons. The monoisotopic (exact) mass is 812 g/mol. The van der Waals surface area contributed by atoms with Gasteiger partial charge in [-0.3, -0.25) is 0 Å². The van der Waals surface area contributed by atoms with Crippen molar-refractivity contribution in [1.82, 2.24) is 9.97 Å². The zero-order chi connectivity index (χ0) is 41.8. The molecule has 1 aliphatic heterocycles. The van der Waals surface area contributed by atoms with E-state index in [-0.39, 0.29) is 10.8 Å². The molecule has 1 spiro atoms. The van der Waals surface area contributed by atoms with E-state index in [1.54, 1.807) is 0 Å². The first kappa shape index (κ1) is 37.0. The summed E-state index contributed by atoms with van der Waals surface area (Å²) >= 11 is 1.89. The number of nitrogens with zero attached hydrogens (tertiary/aromatic N) is 2. The summed E-state index contributed by atoms with van der Waals surface area (Å²) in [7, 11) is 0. The van der Waals surface area contributed by atoms with Crippen molar-refractivity contribution in [2.75, 3.05) is 0 Å². The largest absolute Gasteiger partial charge is 0.228 e. The van der Waals surface area contributed by atoms with Gasteiger partial charge in [0, 0.05) is 37.3 Å². The van der Waals surface area contributed by atoms with Crippen molar-refractivity contribution in [2.24, 2.45) is 0 Å². The second kappa shape index (κ2) is 13.6. The Morgan fingerprint density at radius 2 is 0.871 bits per heavy atom. The van der Waals surface area contributed by atoms with Gasteiger partial charge in [-0.05, 0) is 91.0 Å². The molecule has 8 aromatic carbocycles. The van der Waals surface area contributed by atoms with Gasteiger partial charge in [-0.2, -0.15) is 0 Å². The van der Waals surface area contributed by atoms with Gasteiger partial charge in [-0.25, -0.2) is 9.97 Å². The lowest BCUT2D eigenvalue weighted by Gasteiger charge is -2.51. The molecule has 0 amide bonds. The lowest BCUT2D eigenvalue weighted by Crippen LogP contribution is -2.43. The molecule has 3 heteroatoms. The number of hydrogen-bond donors (Lipinski definition) is 0. The summed E-state index contributed by atoms with van der Waals surface area (Å²) in [5.74, 6) is 0.715. The Kier molecular flexibility index (Phi) is 8.11. The Hall–Kier alpha value is -6.81. The molecule has 0 unspecified atom stereocenters. The fourth-order valence-electron chi connectivity index (χ4n) is 11.2. The molecule has 62 heavy (non-hydrogen) atoms. The van der Waals surface area contributed by atoms with Crippen molar-refractivity contribution in [3.8, 4) is 56.2 Å². The van der Waals surface area contributed by atoms with E-state index in [0.717, 1.165) is 33.6 Å². The highest BCUT2D eigenvalue weighted by Gasteiger charge is 2.52. The van der Waals surface area contributed by atoms with Crippen molar-refractivity contribution in [1.29, 1.82) is 0 Å². The van der Waals surface area contributed by atoms with Gasteiger partial charge in [0.1, 0.15) is 0 Å². The number of rotatable bonds is 4. The predicted octanol–water partition coefficient (Wildman–Crippen LogP) is 14.9. The Balaban J connectivity index is 1.10. The smallest absolute Gasteiger partial charge is 0.160 e. The minimum Gasteiger partial charge on any atom is -0.228 e. The molecule has 296 valence electrons. The topological polar surface area (TPSA) is 25.8 Å². The van der Waals surface area contributed by atoms with Gasteiger partial charge in [0.25, 0.3) is 0 Å². The summed E-state index contributed by atoms with van der Waals surface area (Å²) in [5, 5.41) is 0. The van der Waals surface area contributed by atoms with E-state index in [4.69, 9.17) is 9.97 Å². The molecule has 0 atom stereocenters. The van der Waals surface area contributed by atoms with Crippen LogP contribution in [-0.2, 0) is 16.2 Å². The summed E-state index contributed by atoms with van der Waals surface area (Å²) in [5.41, 5.74) is 19.8. The van der Waals surface area contributed by atoms with E-state index in [2.05, 4.69) is 222 Å². The van der Waals surface area contributed by atoms with Crippen molar-refractivity contribution < 1.29 is 0 Å². The quantitative estimate of drug-likeness (QED) is 0.177. The van der Waals surface area contributed by atoms with Gasteiger partial charge < -0.3 is 0 Å². The van der Waals surface area contributed by atoms with Gasteiger partial charge in [-0.15, -0.1) is 0 Å². The number of aromatic nitrogens is 2. The third-order valence-electron chi connectivity index (χ3n) is 14.0. The standard InChI is InChI=1S/C59H44N2S/c1-57(2)44-25-11-10-22-40(44)41-34-33-38(35-50(41)57)51-36-52(61-56(60-51)37-19-6-5-7-20-37)42-23-9-8-21-39(42)43-24-18-30-49-55(43)58(3,4)45-26-12-13-27-46(45)59(49)47-28-14-16-31-53(47)62-54-32-17-15-29-48(54)59/h5-36H,1-4H3. The van der Waals surface area contributed by atoms with E-state index in [9.17, 15) is 0 Å². The maximum Gasteiger partial charge on any atom is 0.160 e. The number of fused-ring (bicyclic) bond motifs is 11. The van der Waals surface area contributed by atoms with Crippen LogP contribution >= 0.6 is 11.8 Å². The molecule has 1 aromatic heterocycles. The Morgan fingerprint density at radius 3 is 1.60 bits per heavy atom. The molecule has 0 fully saturated rings. The fraction of sp³-hybridized carbons (Fsp3) is 0.119. The highest BCUT2D eigenvalue weighted by Crippen LogP contribution is 2.63. The maximum absolute atomic E-state index is 5.43. The first-order chi connectivity index (χ1) is 30.3. The third kappa shape index (κ3) is 5.18. The van der Waals surface area contributed by atoms with Crippen LogP contribution in [0, 0.1) is 0 Å². The van der Waals surface area contributed by atoms with Gasteiger partial charge in [0.2, 0.25) is 0 Å². The summed E-state index contributed by atoms with van der Waals surface area (Å²) < 4.78 is 0. The number of hydrogen-bond acceptors (Lipinski definition) is 3. The van der Waals surface area contributed by atoms with Crippen molar-refractivity contribution in [3.63, 3.8) is 0 Å². The van der Waals surface area contributed by atoms with Crippen LogP contribution in [0.3, 0.4) is 0 Å². The normalized spacial score (nSPS) is 15.4. The van der Waals surface area contributed by atoms with Crippen molar-refractivity contribution in [2.45, 2.75) is 53.7 Å². The highest BCUT2D eigenvalue weighted by atomic mass is 32.2. The van der Waals surface area contributed by atoms with Gasteiger partial charge >= 0.3 is 0 Å². The highest BCUT2D eigenvalue weighted by molar-refractivity contribution is 7.99. The molecule has 2 nitrogen and oxygen atoms in total. The van der Waals surface area contributed by atoms with Crippen LogP contribution < -0.4 is 0 Å². The summed E-state index contributed by atoms with van der Waals surface area (Å²) in [6, 6.07) is 71.6. The number of benzene rings is 8. The molecule has 3 aliphatic rings. The average molecular weight is 813 g/mol. The molecular formula is C59H44N2S. The summed E-state index contributed by atoms with van der Waals surface area (Å²) in [4.78, 5) is 13.4. The molecule has 12 rings (SSSR count). The van der Waals surface area contributed by atoms with Gasteiger partial charge in [0.15, 0.2) is 5.82 Å². The molecule has 0 N–H and O–H groups in total. The molecule has 0 saturated heterocycles. The zero-order valence-electron chi connectivity index (χ0n) is 35.3. The SMILES string of the molecule is CC1(C)c2ccccc2-c2ccc(-c3cc(-c4ccccc4-c4cccc5c4C(C)(C)c4ccccc4C54c5ccccc5Sc5ccccc54)nc(-c4ccccc4)n3)cc21. The zero-order valence-corrected chi connectivity index (χ0v) is 36.1. The molecule has 0 saturated carbocycles.